The van der Waals surface area contributed by atoms with Gasteiger partial charge in [-0.05, 0) is 42.8 Å². The number of carbonyl (C=O) groups excluding carboxylic acids is 1. The summed E-state index contributed by atoms with van der Waals surface area (Å²) in [6.45, 7) is 2.16. The fourth-order valence-corrected chi connectivity index (χ4v) is 2.92. The summed E-state index contributed by atoms with van der Waals surface area (Å²) in [6.07, 6.45) is 3.34. The summed E-state index contributed by atoms with van der Waals surface area (Å²) >= 11 is 22.8. The number of amides is 1. The Labute approximate surface area is 177 Å². The van der Waals surface area contributed by atoms with Crippen LogP contribution in [0, 0.1) is 0 Å². The molecule has 0 saturated carbocycles. The van der Waals surface area contributed by atoms with Crippen LogP contribution >= 0.6 is 47.0 Å². The van der Waals surface area contributed by atoms with Crippen LogP contribution in [0.2, 0.25) is 15.2 Å². The summed E-state index contributed by atoms with van der Waals surface area (Å²) in [4.78, 5) is 16.1. The minimum atomic E-state index is -0.663. The topological polar surface area (TPSA) is 92.1 Å². The molecule has 6 nitrogen and oxygen atoms in total. The van der Waals surface area contributed by atoms with Crippen LogP contribution in [0.4, 0.5) is 11.4 Å². The van der Waals surface area contributed by atoms with Gasteiger partial charge in [0.2, 0.25) is 0 Å². The number of aromatic nitrogens is 1. The van der Waals surface area contributed by atoms with Crippen LogP contribution in [-0.4, -0.2) is 16.0 Å². The number of nitrogens with zero attached hydrogens (tertiary/aromatic N) is 1. The minimum Gasteiger partial charge on any atom is -0.396 e. The number of benzene rings is 1. The smallest absolute Gasteiger partial charge is 0.289 e. The average Bonchev–Trinajstić information content (AvgIpc) is 2.66. The number of nitrogens with two attached hydrogens (primary N) is 1. The highest BCUT2D eigenvalue weighted by atomic mass is 35.5. The Kier molecular flexibility index (Phi) is 7.91. The van der Waals surface area contributed by atoms with Gasteiger partial charge in [0.05, 0.1) is 10.7 Å². The number of halogens is 3. The summed E-state index contributed by atoms with van der Waals surface area (Å²) in [6, 6.07) is 7.89. The normalized spacial score (nSPS) is 10.4. The van der Waals surface area contributed by atoms with Crippen LogP contribution in [0.25, 0.3) is 0 Å². The highest BCUT2D eigenvalue weighted by molar-refractivity contribution is 7.80. The molecule has 0 aliphatic rings. The molecule has 0 atom stereocenters. The molecule has 0 fully saturated rings. The van der Waals surface area contributed by atoms with Crippen molar-refractivity contribution in [1.29, 1.82) is 0 Å². The number of hydrazine groups is 1. The molecule has 1 amide bonds. The molecule has 1 heterocycles. The number of anilines is 2. The maximum absolute atomic E-state index is 12.2. The van der Waals surface area contributed by atoms with Gasteiger partial charge in [0.15, 0.2) is 16.0 Å². The highest BCUT2D eigenvalue weighted by Crippen LogP contribution is 2.34. The van der Waals surface area contributed by atoms with Gasteiger partial charge < -0.3 is 11.1 Å². The number of rotatable bonds is 5. The molecule has 2 rings (SSSR count). The molecule has 0 radical (unpaired) electrons. The lowest BCUT2D eigenvalue weighted by Crippen LogP contribution is -2.44. The van der Waals surface area contributed by atoms with Gasteiger partial charge in [-0.2, -0.15) is 0 Å². The van der Waals surface area contributed by atoms with Crippen molar-refractivity contribution in [3.63, 3.8) is 0 Å². The second-order valence-electron chi connectivity index (χ2n) is 5.63. The molecule has 5 N–H and O–H groups in total. The molecule has 0 aliphatic heterocycles. The van der Waals surface area contributed by atoms with Gasteiger partial charge in [-0.3, -0.25) is 15.6 Å². The first-order valence-electron chi connectivity index (χ1n) is 8.09. The first-order valence-corrected chi connectivity index (χ1v) is 9.64. The van der Waals surface area contributed by atoms with Crippen molar-refractivity contribution >= 4 is 69.4 Å². The maximum atomic E-state index is 12.2. The molecular formula is C17H18Cl3N5OS. The third-order valence-corrected chi connectivity index (χ3v) is 4.95. The molecule has 2 aromatic rings. The Bertz CT molecular complexity index is 845. The molecule has 1 aromatic carbocycles. The lowest BCUT2D eigenvalue weighted by Gasteiger charge is -2.13. The predicted molar refractivity (Wildman–Crippen MR) is 116 cm³/mol. The first-order chi connectivity index (χ1) is 12.8. The summed E-state index contributed by atoms with van der Waals surface area (Å²) < 4.78 is 0. The van der Waals surface area contributed by atoms with Gasteiger partial charge in [-0.1, -0.05) is 60.3 Å². The highest BCUT2D eigenvalue weighted by Gasteiger charge is 2.19. The van der Waals surface area contributed by atoms with Crippen LogP contribution in [0.5, 0.6) is 0 Å². The third-order valence-electron chi connectivity index (χ3n) is 3.61. The Morgan fingerprint density at radius 3 is 2.44 bits per heavy atom. The van der Waals surface area contributed by atoms with E-state index in [2.05, 4.69) is 28.1 Å². The van der Waals surface area contributed by atoms with Crippen LogP contribution < -0.4 is 21.9 Å². The van der Waals surface area contributed by atoms with E-state index >= 15 is 0 Å². The molecule has 0 unspecified atom stereocenters. The third kappa shape index (κ3) is 5.84. The first kappa shape index (κ1) is 21.5. The van der Waals surface area contributed by atoms with E-state index in [1.165, 1.54) is 5.56 Å². The average molecular weight is 447 g/mol. The Morgan fingerprint density at radius 2 is 1.81 bits per heavy atom. The number of nitrogen functional groups attached to an aromatic ring is 1. The zero-order valence-electron chi connectivity index (χ0n) is 14.4. The zero-order valence-corrected chi connectivity index (χ0v) is 17.5. The van der Waals surface area contributed by atoms with Crippen molar-refractivity contribution in [3.8, 4) is 0 Å². The van der Waals surface area contributed by atoms with Crippen molar-refractivity contribution in [3.05, 3.63) is 50.7 Å². The molecule has 0 aliphatic carbocycles. The van der Waals surface area contributed by atoms with E-state index in [1.807, 2.05) is 24.3 Å². The fourth-order valence-electron chi connectivity index (χ4n) is 2.15. The summed E-state index contributed by atoms with van der Waals surface area (Å²) in [7, 11) is 0. The van der Waals surface area contributed by atoms with Gasteiger partial charge in [0, 0.05) is 5.69 Å². The van der Waals surface area contributed by atoms with Crippen molar-refractivity contribution < 1.29 is 4.79 Å². The molecule has 1 aromatic heterocycles. The van der Waals surface area contributed by atoms with Crippen molar-refractivity contribution in [1.82, 2.24) is 15.8 Å². The Hall–Kier alpha value is -1.80. The summed E-state index contributed by atoms with van der Waals surface area (Å²) in [5.74, 6) is -0.663. The van der Waals surface area contributed by atoms with Crippen molar-refractivity contribution in [2.75, 3.05) is 11.1 Å². The number of carbonyl (C=O) groups is 1. The largest absolute Gasteiger partial charge is 0.396 e. The van der Waals surface area contributed by atoms with E-state index in [0.29, 0.717) is 0 Å². The minimum absolute atomic E-state index is 0.00857. The van der Waals surface area contributed by atoms with Gasteiger partial charge in [0.1, 0.15) is 5.02 Å². The number of aryl methyl sites for hydroxylation is 1. The molecule has 27 heavy (non-hydrogen) atoms. The van der Waals surface area contributed by atoms with Gasteiger partial charge >= 0.3 is 0 Å². The number of unbranched alkanes of at least 4 members (excludes halogenated alkanes) is 1. The van der Waals surface area contributed by atoms with E-state index in [-0.39, 0.29) is 31.7 Å². The molecule has 0 spiro atoms. The zero-order chi connectivity index (χ0) is 20.0. The second kappa shape index (κ2) is 9.94. The predicted octanol–water partition coefficient (Wildman–Crippen LogP) is 4.60. The monoisotopic (exact) mass is 445 g/mol. The van der Waals surface area contributed by atoms with Gasteiger partial charge in [0.25, 0.3) is 5.91 Å². The van der Waals surface area contributed by atoms with Gasteiger partial charge in [-0.25, -0.2) is 4.98 Å². The van der Waals surface area contributed by atoms with Crippen LogP contribution in [0.15, 0.2) is 24.3 Å². The second-order valence-corrected chi connectivity index (χ2v) is 7.15. The molecule has 0 bridgehead atoms. The summed E-state index contributed by atoms with van der Waals surface area (Å²) in [5.41, 5.74) is 12.5. The maximum Gasteiger partial charge on any atom is 0.289 e. The van der Waals surface area contributed by atoms with E-state index < -0.39 is 5.91 Å². The van der Waals surface area contributed by atoms with Crippen molar-refractivity contribution in [2.24, 2.45) is 0 Å². The van der Waals surface area contributed by atoms with Crippen LogP contribution in [0.1, 0.15) is 35.8 Å². The summed E-state index contributed by atoms with van der Waals surface area (Å²) in [5, 5.41) is 2.93. The van der Waals surface area contributed by atoms with E-state index in [1.54, 1.807) is 0 Å². The lowest BCUT2D eigenvalue weighted by molar-refractivity contribution is 0.0939. The lowest BCUT2D eigenvalue weighted by atomic mass is 10.1. The van der Waals surface area contributed by atoms with E-state index in [9.17, 15) is 4.79 Å². The SMILES string of the molecule is CCCCc1ccc(NC(=S)NNC(=O)c2nc(Cl)c(Cl)c(N)c2Cl)cc1. The number of hydrogen-bond acceptors (Lipinski definition) is 4. The molecular weight excluding hydrogens is 429 g/mol. The molecule has 10 heteroatoms. The van der Waals surface area contributed by atoms with Gasteiger partial charge in [-0.15, -0.1) is 0 Å². The number of hydrogen-bond donors (Lipinski definition) is 4. The number of pyridine rings is 1. The Morgan fingerprint density at radius 1 is 1.15 bits per heavy atom. The molecule has 144 valence electrons. The molecule has 0 saturated heterocycles. The van der Waals surface area contributed by atoms with Crippen molar-refractivity contribution in [2.45, 2.75) is 26.2 Å². The van der Waals surface area contributed by atoms with E-state index in [4.69, 9.17) is 52.8 Å². The number of nitrogens with one attached hydrogen (secondary N) is 3. The van der Waals surface area contributed by atoms with E-state index in [0.717, 1.165) is 24.9 Å². The fraction of sp³-hybridized carbons (Fsp3) is 0.235. The van der Waals surface area contributed by atoms with Crippen LogP contribution in [0.3, 0.4) is 0 Å². The Balaban J connectivity index is 1.93. The standard InChI is InChI=1S/C17H18Cl3N5OS/c1-2-3-4-9-5-7-10(8-6-9)22-17(27)25-24-16(26)14-11(18)13(21)12(19)15(20)23-14/h5-8H,2-4H2,1H3,(H2,21,23)(H,24,26)(H2,22,25,27). The number of thiocarbonyl (C=S) groups is 1. The van der Waals surface area contributed by atoms with Crippen LogP contribution in [-0.2, 0) is 6.42 Å². The quantitative estimate of drug-likeness (QED) is 0.305.